The van der Waals surface area contributed by atoms with E-state index in [2.05, 4.69) is 46.7 Å². The van der Waals surface area contributed by atoms with E-state index >= 15 is 0 Å². The summed E-state index contributed by atoms with van der Waals surface area (Å²) in [4.78, 5) is 3.61. The Labute approximate surface area is 185 Å². The first kappa shape index (κ1) is 20.5. The average Bonchev–Trinajstić information content (AvgIpc) is 3.21. The van der Waals surface area contributed by atoms with Crippen LogP contribution in [0.15, 0.2) is 66.7 Å². The lowest BCUT2D eigenvalue weighted by Gasteiger charge is -2.25. The van der Waals surface area contributed by atoms with E-state index in [-0.39, 0.29) is 11.7 Å². The number of rotatable bonds is 6. The van der Waals surface area contributed by atoms with Crippen molar-refractivity contribution in [2.45, 2.75) is 19.1 Å². The second kappa shape index (κ2) is 8.64. The van der Waals surface area contributed by atoms with Crippen LogP contribution in [-0.4, -0.2) is 23.8 Å². The molecule has 0 saturated carbocycles. The number of aromatic nitrogens is 1. The maximum absolute atomic E-state index is 11.0. The summed E-state index contributed by atoms with van der Waals surface area (Å²) in [5, 5.41) is 24.1. The third-order valence-corrected chi connectivity index (χ3v) is 5.99. The van der Waals surface area contributed by atoms with E-state index in [0.29, 0.717) is 12.4 Å². The van der Waals surface area contributed by atoms with E-state index in [4.69, 9.17) is 14.7 Å². The molecule has 1 aliphatic heterocycles. The summed E-state index contributed by atoms with van der Waals surface area (Å²) in [7, 11) is 1.65. The molecule has 2 unspecified atom stereocenters. The van der Waals surface area contributed by atoms with Gasteiger partial charge in [-0.2, -0.15) is 5.23 Å². The summed E-state index contributed by atoms with van der Waals surface area (Å²) in [5.74, 6) is 1.36. The SMILES string of the molecule is COc1ccc(C2NCCc3c2[nH]c2ccccc32)cc1COc1ccc([NH+]([O-])O)cc1. The van der Waals surface area contributed by atoms with Crippen LogP contribution in [0.25, 0.3) is 10.9 Å². The molecular weight excluding hydrogens is 406 g/mol. The molecule has 1 aliphatic rings. The van der Waals surface area contributed by atoms with Crippen molar-refractivity contribution in [1.29, 1.82) is 0 Å². The third-order valence-electron chi connectivity index (χ3n) is 5.99. The molecule has 0 bridgehead atoms. The van der Waals surface area contributed by atoms with Crippen LogP contribution in [0.4, 0.5) is 5.69 Å². The molecule has 2 atom stereocenters. The highest BCUT2D eigenvalue weighted by Gasteiger charge is 2.25. The van der Waals surface area contributed by atoms with Gasteiger partial charge in [-0.05, 0) is 47.9 Å². The summed E-state index contributed by atoms with van der Waals surface area (Å²) >= 11 is 0. The van der Waals surface area contributed by atoms with Gasteiger partial charge >= 0.3 is 0 Å². The third kappa shape index (κ3) is 3.83. The molecule has 4 aromatic rings. The Balaban J connectivity index is 1.42. The predicted molar refractivity (Wildman–Crippen MR) is 121 cm³/mol. The predicted octanol–water partition coefficient (Wildman–Crippen LogP) is 3.39. The second-order valence-corrected chi connectivity index (χ2v) is 7.89. The molecule has 1 aromatic heterocycles. The van der Waals surface area contributed by atoms with Crippen molar-refractivity contribution < 1.29 is 19.9 Å². The summed E-state index contributed by atoms with van der Waals surface area (Å²) < 4.78 is 11.5. The van der Waals surface area contributed by atoms with Crippen LogP contribution >= 0.6 is 0 Å². The fourth-order valence-electron chi connectivity index (χ4n) is 4.41. The van der Waals surface area contributed by atoms with E-state index in [1.807, 2.05) is 6.07 Å². The Bertz CT molecular complexity index is 1230. The first-order chi connectivity index (χ1) is 15.6. The number of quaternary nitrogens is 1. The lowest BCUT2D eigenvalue weighted by Crippen LogP contribution is -2.99. The normalized spacial score (nSPS) is 16.5. The van der Waals surface area contributed by atoms with Crippen molar-refractivity contribution in [3.8, 4) is 11.5 Å². The van der Waals surface area contributed by atoms with Crippen LogP contribution in [0.3, 0.4) is 0 Å². The van der Waals surface area contributed by atoms with Crippen molar-refractivity contribution in [3.05, 3.63) is 94.3 Å². The van der Waals surface area contributed by atoms with E-state index in [1.165, 1.54) is 28.8 Å². The smallest absolute Gasteiger partial charge is 0.164 e. The average molecular weight is 431 g/mol. The lowest BCUT2D eigenvalue weighted by atomic mass is 9.93. The molecule has 3 aromatic carbocycles. The molecule has 7 nitrogen and oxygen atoms in total. The van der Waals surface area contributed by atoms with Crippen molar-refractivity contribution in [2.24, 2.45) is 0 Å². The fourth-order valence-corrected chi connectivity index (χ4v) is 4.41. The maximum atomic E-state index is 11.0. The Kier molecular flexibility index (Phi) is 5.55. The summed E-state index contributed by atoms with van der Waals surface area (Å²) in [6.45, 7) is 1.23. The zero-order chi connectivity index (χ0) is 22.1. The standard InChI is InChI=1S/C25H25N3O4/c1-31-23-11-6-16(14-17(23)15-32-19-9-7-18(8-10-19)28(29)30)24-25-21(12-13-26-24)20-4-2-3-5-22(20)27-25/h2-11,14,24,26-29H,12-13,15H2,1H3. The second-order valence-electron chi connectivity index (χ2n) is 7.89. The fraction of sp³-hybridized carbons (Fsp3) is 0.200. The molecule has 0 amide bonds. The van der Waals surface area contributed by atoms with Crippen LogP contribution in [0, 0.1) is 5.21 Å². The van der Waals surface area contributed by atoms with E-state index < -0.39 is 5.23 Å². The molecule has 0 aliphatic carbocycles. The van der Waals surface area contributed by atoms with E-state index in [1.54, 1.807) is 19.2 Å². The number of fused-ring (bicyclic) bond motifs is 3. The molecule has 5 rings (SSSR count). The van der Waals surface area contributed by atoms with Gasteiger partial charge in [0.25, 0.3) is 0 Å². The number of hydrogen-bond acceptors (Lipinski definition) is 5. The molecule has 4 N–H and O–H groups in total. The lowest BCUT2D eigenvalue weighted by molar-refractivity contribution is -0.991. The molecule has 32 heavy (non-hydrogen) atoms. The molecule has 0 saturated heterocycles. The Hall–Kier alpha value is -3.36. The molecule has 0 spiro atoms. The molecule has 0 fully saturated rings. The number of ether oxygens (including phenoxy) is 2. The van der Waals surface area contributed by atoms with Crippen molar-refractivity contribution >= 4 is 16.6 Å². The topological polar surface area (TPSA) is 94.0 Å². The minimum Gasteiger partial charge on any atom is -0.595 e. The highest BCUT2D eigenvalue weighted by Crippen LogP contribution is 2.35. The number of benzene rings is 3. The quantitative estimate of drug-likeness (QED) is 0.351. The van der Waals surface area contributed by atoms with Gasteiger partial charge in [0.2, 0.25) is 0 Å². The minimum absolute atomic E-state index is 0.0608. The summed E-state index contributed by atoms with van der Waals surface area (Å²) in [6, 6.07) is 21.1. The Morgan fingerprint density at radius 3 is 2.69 bits per heavy atom. The monoisotopic (exact) mass is 431 g/mol. The van der Waals surface area contributed by atoms with Crippen LogP contribution in [-0.2, 0) is 13.0 Å². The minimum atomic E-state index is -0.956. The summed E-state index contributed by atoms with van der Waals surface area (Å²) in [5.41, 5.74) is 6.04. The number of nitrogens with one attached hydrogen (secondary N) is 3. The van der Waals surface area contributed by atoms with Crippen LogP contribution in [0.2, 0.25) is 0 Å². The van der Waals surface area contributed by atoms with Gasteiger partial charge in [-0.3, -0.25) is 0 Å². The number of methoxy groups -OCH3 is 1. The van der Waals surface area contributed by atoms with Crippen LogP contribution in [0.1, 0.15) is 28.4 Å². The van der Waals surface area contributed by atoms with Gasteiger partial charge in [0.1, 0.15) is 18.1 Å². The van der Waals surface area contributed by atoms with Crippen molar-refractivity contribution in [1.82, 2.24) is 10.3 Å². The Morgan fingerprint density at radius 2 is 1.91 bits per heavy atom. The first-order valence-corrected chi connectivity index (χ1v) is 10.6. The maximum Gasteiger partial charge on any atom is 0.164 e. The van der Waals surface area contributed by atoms with Gasteiger partial charge in [-0.15, -0.1) is 0 Å². The zero-order valence-electron chi connectivity index (χ0n) is 17.7. The molecule has 0 radical (unpaired) electrons. The molecule has 7 heteroatoms. The van der Waals surface area contributed by atoms with E-state index in [9.17, 15) is 5.21 Å². The number of hydrogen-bond donors (Lipinski definition) is 4. The summed E-state index contributed by atoms with van der Waals surface area (Å²) in [6.07, 6.45) is 0.994. The van der Waals surface area contributed by atoms with Crippen LogP contribution in [0.5, 0.6) is 11.5 Å². The van der Waals surface area contributed by atoms with Gasteiger partial charge in [-0.1, -0.05) is 24.3 Å². The Morgan fingerprint density at radius 1 is 1.09 bits per heavy atom. The van der Waals surface area contributed by atoms with E-state index in [0.717, 1.165) is 35.4 Å². The highest BCUT2D eigenvalue weighted by atomic mass is 16.8. The molecule has 164 valence electrons. The highest BCUT2D eigenvalue weighted by molar-refractivity contribution is 5.85. The number of aromatic amines is 1. The molecule has 2 heterocycles. The van der Waals surface area contributed by atoms with Gasteiger partial charge in [-0.25, -0.2) is 5.21 Å². The van der Waals surface area contributed by atoms with Crippen LogP contribution < -0.4 is 20.0 Å². The number of para-hydroxylation sites is 1. The zero-order valence-corrected chi connectivity index (χ0v) is 17.7. The number of H-pyrrole nitrogens is 1. The largest absolute Gasteiger partial charge is 0.595 e. The van der Waals surface area contributed by atoms with Crippen molar-refractivity contribution in [2.75, 3.05) is 13.7 Å². The van der Waals surface area contributed by atoms with Gasteiger partial charge < -0.3 is 25.0 Å². The van der Waals surface area contributed by atoms with Crippen molar-refractivity contribution in [3.63, 3.8) is 0 Å². The first-order valence-electron chi connectivity index (χ1n) is 10.6. The van der Waals surface area contributed by atoms with Gasteiger partial charge in [0.15, 0.2) is 5.69 Å². The molecular formula is C25H25N3O4. The van der Waals surface area contributed by atoms with Gasteiger partial charge in [0, 0.05) is 40.8 Å². The van der Waals surface area contributed by atoms with Gasteiger partial charge in [0.05, 0.1) is 13.2 Å².